The van der Waals surface area contributed by atoms with Crippen molar-refractivity contribution in [1.29, 1.82) is 0 Å². The highest BCUT2D eigenvalue weighted by Gasteiger charge is 2.30. The van der Waals surface area contributed by atoms with Gasteiger partial charge in [-0.25, -0.2) is 4.98 Å². The molecule has 0 saturated heterocycles. The molecule has 7 nitrogen and oxygen atoms in total. The van der Waals surface area contributed by atoms with Crippen molar-refractivity contribution in [1.82, 2.24) is 29.6 Å². The van der Waals surface area contributed by atoms with E-state index in [1.165, 1.54) is 0 Å². The monoisotopic (exact) mass is 336 g/mol. The predicted octanol–water partition coefficient (Wildman–Crippen LogP) is 1.84. The van der Waals surface area contributed by atoms with Crippen LogP contribution in [-0.2, 0) is 17.9 Å². The Labute approximate surface area is 145 Å². The number of hydrogen-bond acceptors (Lipinski definition) is 4. The molecule has 0 fully saturated rings. The quantitative estimate of drug-likeness (QED) is 0.771. The van der Waals surface area contributed by atoms with Crippen molar-refractivity contribution in [3.8, 4) is 11.4 Å². The topological polar surface area (TPSA) is 77.6 Å². The van der Waals surface area contributed by atoms with Crippen LogP contribution in [0.1, 0.15) is 24.6 Å². The molecule has 0 radical (unpaired) electrons. The number of fused-ring (bicyclic) bond motifs is 1. The van der Waals surface area contributed by atoms with Crippen molar-refractivity contribution in [3.05, 3.63) is 54.9 Å². The summed E-state index contributed by atoms with van der Waals surface area (Å²) in [4.78, 5) is 16.6. The van der Waals surface area contributed by atoms with Gasteiger partial charge in [-0.1, -0.05) is 30.3 Å². The second-order valence-electron chi connectivity index (χ2n) is 6.19. The van der Waals surface area contributed by atoms with E-state index < -0.39 is 0 Å². The van der Waals surface area contributed by atoms with Gasteiger partial charge in [0.15, 0.2) is 5.82 Å². The van der Waals surface area contributed by atoms with Crippen LogP contribution in [0.5, 0.6) is 0 Å². The van der Waals surface area contributed by atoms with Gasteiger partial charge in [-0.2, -0.15) is 0 Å². The highest BCUT2D eigenvalue weighted by molar-refractivity contribution is 5.83. The Balaban J connectivity index is 1.48. The Kier molecular flexibility index (Phi) is 4.28. The molecule has 2 aromatic heterocycles. The molecule has 25 heavy (non-hydrogen) atoms. The van der Waals surface area contributed by atoms with Crippen molar-refractivity contribution in [2.45, 2.75) is 31.8 Å². The minimum atomic E-state index is -0.235. The van der Waals surface area contributed by atoms with E-state index >= 15 is 0 Å². The molecule has 0 spiro atoms. The van der Waals surface area contributed by atoms with Crippen LogP contribution in [0, 0.1) is 0 Å². The number of rotatable bonds is 5. The van der Waals surface area contributed by atoms with E-state index in [4.69, 9.17) is 0 Å². The zero-order valence-corrected chi connectivity index (χ0v) is 13.9. The number of hydrogen-bond donors (Lipinski definition) is 1. The third-order valence-corrected chi connectivity index (χ3v) is 4.54. The largest absolute Gasteiger partial charge is 0.354 e. The second kappa shape index (κ2) is 6.88. The van der Waals surface area contributed by atoms with Crippen LogP contribution < -0.4 is 5.32 Å². The lowest BCUT2D eigenvalue weighted by molar-refractivity contribution is -0.123. The number of amides is 1. The van der Waals surface area contributed by atoms with Gasteiger partial charge in [0.1, 0.15) is 5.82 Å². The van der Waals surface area contributed by atoms with Crippen LogP contribution in [0.3, 0.4) is 0 Å². The first kappa shape index (κ1) is 15.6. The molecule has 3 heterocycles. The summed E-state index contributed by atoms with van der Waals surface area (Å²) in [5.41, 5.74) is 1.03. The van der Waals surface area contributed by atoms with Crippen LogP contribution >= 0.6 is 0 Å². The van der Waals surface area contributed by atoms with E-state index in [0.29, 0.717) is 13.1 Å². The molecule has 1 aliphatic heterocycles. The smallest absolute Gasteiger partial charge is 0.230 e. The fraction of sp³-hybridized carbons (Fsp3) is 0.333. The number of nitrogens with zero attached hydrogens (tertiary/aromatic N) is 5. The molecule has 4 rings (SSSR count). The van der Waals surface area contributed by atoms with Crippen molar-refractivity contribution in [2.75, 3.05) is 6.54 Å². The summed E-state index contributed by atoms with van der Waals surface area (Å²) in [6.07, 6.45) is 7.12. The van der Waals surface area contributed by atoms with Crippen LogP contribution in [0.2, 0.25) is 0 Å². The number of imidazole rings is 1. The highest BCUT2D eigenvalue weighted by atomic mass is 16.1. The molecular weight excluding hydrogens is 316 g/mol. The van der Waals surface area contributed by atoms with E-state index in [-0.39, 0.29) is 11.8 Å². The minimum absolute atomic E-state index is 0.0214. The Morgan fingerprint density at radius 1 is 1.24 bits per heavy atom. The molecule has 7 heteroatoms. The van der Waals surface area contributed by atoms with Crippen molar-refractivity contribution in [3.63, 3.8) is 0 Å². The molecule has 1 amide bonds. The molecule has 0 bridgehead atoms. The van der Waals surface area contributed by atoms with Gasteiger partial charge in [0.2, 0.25) is 5.91 Å². The SMILES string of the molecule is O=C(NCCn1ccnc1)C1CCCn2c(-c3ccccc3)nnc21. The first-order valence-corrected chi connectivity index (χ1v) is 8.55. The van der Waals surface area contributed by atoms with Gasteiger partial charge in [-0.05, 0) is 12.8 Å². The molecule has 1 unspecified atom stereocenters. The zero-order valence-electron chi connectivity index (χ0n) is 13.9. The normalized spacial score (nSPS) is 16.4. The Bertz CT molecular complexity index is 840. The van der Waals surface area contributed by atoms with Gasteiger partial charge in [0.25, 0.3) is 0 Å². The standard InChI is InChI=1S/C18H20N6O/c25-18(20-9-12-23-11-8-19-13-23)15-7-4-10-24-16(21-22-17(15)24)14-5-2-1-3-6-14/h1-3,5-6,8,11,13,15H,4,7,9-10,12H2,(H,20,25). The maximum atomic E-state index is 12.6. The lowest BCUT2D eigenvalue weighted by atomic mass is 9.97. The third kappa shape index (κ3) is 3.17. The van der Waals surface area contributed by atoms with E-state index in [9.17, 15) is 4.79 Å². The summed E-state index contributed by atoms with van der Waals surface area (Å²) in [7, 11) is 0. The maximum absolute atomic E-state index is 12.6. The van der Waals surface area contributed by atoms with Gasteiger partial charge < -0.3 is 14.5 Å². The first-order chi connectivity index (χ1) is 12.3. The number of aromatic nitrogens is 5. The number of carbonyl (C=O) groups excluding carboxylic acids is 1. The second-order valence-corrected chi connectivity index (χ2v) is 6.19. The minimum Gasteiger partial charge on any atom is -0.354 e. The van der Waals surface area contributed by atoms with E-state index in [1.54, 1.807) is 12.5 Å². The van der Waals surface area contributed by atoms with Crippen molar-refractivity contribution < 1.29 is 4.79 Å². The molecular formula is C18H20N6O. The van der Waals surface area contributed by atoms with Crippen LogP contribution in [0.4, 0.5) is 0 Å². The zero-order chi connectivity index (χ0) is 17.1. The lowest BCUT2D eigenvalue weighted by Crippen LogP contribution is -2.35. The summed E-state index contributed by atoms with van der Waals surface area (Å²) in [5, 5.41) is 11.7. The summed E-state index contributed by atoms with van der Waals surface area (Å²) < 4.78 is 4.02. The van der Waals surface area contributed by atoms with E-state index in [0.717, 1.165) is 36.6 Å². The van der Waals surface area contributed by atoms with Gasteiger partial charge in [-0.15, -0.1) is 10.2 Å². The first-order valence-electron chi connectivity index (χ1n) is 8.55. The van der Waals surface area contributed by atoms with Gasteiger partial charge in [-0.3, -0.25) is 4.79 Å². The highest BCUT2D eigenvalue weighted by Crippen LogP contribution is 2.30. The molecule has 1 N–H and O–H groups in total. The Morgan fingerprint density at radius 3 is 2.92 bits per heavy atom. The van der Waals surface area contributed by atoms with Crippen LogP contribution in [0.15, 0.2) is 49.1 Å². The average Bonchev–Trinajstić information content (AvgIpc) is 3.31. The predicted molar refractivity (Wildman–Crippen MR) is 92.7 cm³/mol. The number of nitrogens with one attached hydrogen (secondary N) is 1. The summed E-state index contributed by atoms with van der Waals surface area (Å²) in [5.74, 6) is 1.39. The van der Waals surface area contributed by atoms with Crippen molar-refractivity contribution in [2.24, 2.45) is 0 Å². The average molecular weight is 336 g/mol. The number of carbonyl (C=O) groups is 1. The Morgan fingerprint density at radius 2 is 2.12 bits per heavy atom. The van der Waals surface area contributed by atoms with Crippen LogP contribution in [0.25, 0.3) is 11.4 Å². The van der Waals surface area contributed by atoms with E-state index in [2.05, 4.69) is 25.1 Å². The summed E-state index contributed by atoms with van der Waals surface area (Å²) >= 11 is 0. The number of benzene rings is 1. The van der Waals surface area contributed by atoms with E-state index in [1.807, 2.05) is 41.1 Å². The molecule has 1 aliphatic rings. The van der Waals surface area contributed by atoms with Crippen LogP contribution in [-0.4, -0.2) is 36.8 Å². The summed E-state index contributed by atoms with van der Waals surface area (Å²) in [6, 6.07) is 9.99. The molecule has 0 saturated carbocycles. The molecule has 3 aromatic rings. The fourth-order valence-electron chi connectivity index (χ4n) is 3.28. The molecule has 1 aromatic carbocycles. The van der Waals surface area contributed by atoms with Gasteiger partial charge >= 0.3 is 0 Å². The fourth-order valence-corrected chi connectivity index (χ4v) is 3.28. The van der Waals surface area contributed by atoms with Gasteiger partial charge in [0.05, 0.1) is 12.2 Å². The lowest BCUT2D eigenvalue weighted by Gasteiger charge is -2.23. The van der Waals surface area contributed by atoms with Crippen molar-refractivity contribution >= 4 is 5.91 Å². The van der Waals surface area contributed by atoms with Gasteiger partial charge in [0, 0.05) is 37.6 Å². The maximum Gasteiger partial charge on any atom is 0.230 e. The third-order valence-electron chi connectivity index (χ3n) is 4.54. The molecule has 0 aliphatic carbocycles. The Hall–Kier alpha value is -2.96. The summed E-state index contributed by atoms with van der Waals surface area (Å²) in [6.45, 7) is 2.14. The molecule has 1 atom stereocenters. The molecule has 128 valence electrons.